The highest BCUT2D eigenvalue weighted by Gasteiger charge is 2.23. The fourth-order valence-corrected chi connectivity index (χ4v) is 4.04. The van der Waals surface area contributed by atoms with Crippen LogP contribution in [0.1, 0.15) is 45.4 Å². The molecule has 0 bridgehead atoms. The lowest BCUT2D eigenvalue weighted by atomic mass is 10.0. The molecule has 0 aliphatic carbocycles. The summed E-state index contributed by atoms with van der Waals surface area (Å²) in [6.07, 6.45) is 9.13. The van der Waals surface area contributed by atoms with Crippen molar-refractivity contribution in [3.8, 4) is 0 Å². The second-order valence-corrected chi connectivity index (χ2v) is 7.26. The lowest BCUT2D eigenvalue weighted by Crippen LogP contribution is -2.40. The molecule has 1 aromatic heterocycles. The summed E-state index contributed by atoms with van der Waals surface area (Å²) >= 11 is 0. The van der Waals surface area contributed by atoms with Gasteiger partial charge < -0.3 is 15.1 Å². The SMILES string of the molecule is CCC1CCCCN1c1nncc(Nc2ccc(N3CCCC3)cc2)n1. The van der Waals surface area contributed by atoms with Crippen molar-refractivity contribution >= 4 is 23.1 Å². The zero-order valence-corrected chi connectivity index (χ0v) is 15.6. The second-order valence-electron chi connectivity index (χ2n) is 7.26. The van der Waals surface area contributed by atoms with E-state index in [9.17, 15) is 0 Å². The molecule has 1 unspecified atom stereocenters. The topological polar surface area (TPSA) is 57.2 Å². The van der Waals surface area contributed by atoms with Gasteiger partial charge in [-0.3, -0.25) is 0 Å². The average molecular weight is 352 g/mol. The monoisotopic (exact) mass is 352 g/mol. The van der Waals surface area contributed by atoms with Crippen LogP contribution in [0.3, 0.4) is 0 Å². The molecule has 6 nitrogen and oxygen atoms in total. The summed E-state index contributed by atoms with van der Waals surface area (Å²) in [6.45, 7) is 5.59. The molecule has 2 aliphatic rings. The number of nitrogens with one attached hydrogen (secondary N) is 1. The zero-order chi connectivity index (χ0) is 17.8. The summed E-state index contributed by atoms with van der Waals surface area (Å²) < 4.78 is 0. The number of piperidine rings is 1. The van der Waals surface area contributed by atoms with Gasteiger partial charge in [-0.1, -0.05) is 6.92 Å². The molecule has 138 valence electrons. The molecule has 0 saturated carbocycles. The number of rotatable bonds is 5. The Morgan fingerprint density at radius 2 is 1.81 bits per heavy atom. The molecule has 0 spiro atoms. The summed E-state index contributed by atoms with van der Waals surface area (Å²) in [6, 6.07) is 9.12. The molecule has 1 atom stereocenters. The highest BCUT2D eigenvalue weighted by atomic mass is 15.3. The first kappa shape index (κ1) is 17.1. The van der Waals surface area contributed by atoms with Crippen molar-refractivity contribution in [2.75, 3.05) is 34.8 Å². The number of hydrogen-bond donors (Lipinski definition) is 1. The van der Waals surface area contributed by atoms with Gasteiger partial charge in [0.1, 0.15) is 0 Å². The smallest absolute Gasteiger partial charge is 0.247 e. The van der Waals surface area contributed by atoms with Crippen LogP contribution in [-0.4, -0.2) is 40.9 Å². The minimum atomic E-state index is 0.528. The van der Waals surface area contributed by atoms with Gasteiger partial charge in [0.25, 0.3) is 0 Å². The van der Waals surface area contributed by atoms with E-state index in [0.29, 0.717) is 6.04 Å². The number of anilines is 4. The van der Waals surface area contributed by atoms with E-state index < -0.39 is 0 Å². The zero-order valence-electron chi connectivity index (χ0n) is 15.6. The maximum Gasteiger partial charge on any atom is 0.247 e. The van der Waals surface area contributed by atoms with Gasteiger partial charge in [0.15, 0.2) is 5.82 Å². The first-order valence-corrected chi connectivity index (χ1v) is 9.92. The van der Waals surface area contributed by atoms with E-state index >= 15 is 0 Å². The van der Waals surface area contributed by atoms with Crippen LogP contribution < -0.4 is 15.1 Å². The molecule has 0 radical (unpaired) electrons. The molecule has 3 heterocycles. The first-order valence-electron chi connectivity index (χ1n) is 9.92. The average Bonchev–Trinajstić information content (AvgIpc) is 3.23. The van der Waals surface area contributed by atoms with Crippen LogP contribution >= 0.6 is 0 Å². The Kier molecular flexibility index (Phi) is 5.18. The summed E-state index contributed by atoms with van der Waals surface area (Å²) in [7, 11) is 0. The lowest BCUT2D eigenvalue weighted by Gasteiger charge is -2.34. The van der Waals surface area contributed by atoms with E-state index in [1.807, 2.05) is 0 Å². The van der Waals surface area contributed by atoms with Crippen LogP contribution in [0.2, 0.25) is 0 Å². The van der Waals surface area contributed by atoms with Gasteiger partial charge in [-0.25, -0.2) is 0 Å². The van der Waals surface area contributed by atoms with Crippen molar-refractivity contribution in [2.45, 2.75) is 51.5 Å². The number of aromatic nitrogens is 3. The summed E-state index contributed by atoms with van der Waals surface area (Å²) in [5.41, 5.74) is 2.33. The third-order valence-electron chi connectivity index (χ3n) is 5.51. The normalized spacial score (nSPS) is 20.4. The van der Waals surface area contributed by atoms with Crippen molar-refractivity contribution in [1.29, 1.82) is 0 Å². The van der Waals surface area contributed by atoms with Crippen LogP contribution in [0.25, 0.3) is 0 Å². The minimum Gasteiger partial charge on any atom is -0.372 e. The molecule has 1 N–H and O–H groups in total. The van der Waals surface area contributed by atoms with Crippen LogP contribution in [0.5, 0.6) is 0 Å². The van der Waals surface area contributed by atoms with E-state index in [0.717, 1.165) is 30.4 Å². The van der Waals surface area contributed by atoms with Gasteiger partial charge in [-0.2, -0.15) is 10.1 Å². The fraction of sp³-hybridized carbons (Fsp3) is 0.550. The predicted molar refractivity (Wildman–Crippen MR) is 106 cm³/mol. The van der Waals surface area contributed by atoms with Crippen LogP contribution in [-0.2, 0) is 0 Å². The summed E-state index contributed by atoms with van der Waals surface area (Å²) in [4.78, 5) is 9.48. The van der Waals surface area contributed by atoms with Crippen molar-refractivity contribution in [3.05, 3.63) is 30.5 Å². The molecular weight excluding hydrogens is 324 g/mol. The quantitative estimate of drug-likeness (QED) is 0.878. The van der Waals surface area contributed by atoms with E-state index in [2.05, 4.69) is 56.5 Å². The predicted octanol–water partition coefficient (Wildman–Crippen LogP) is 3.98. The third kappa shape index (κ3) is 3.74. The number of benzene rings is 1. The van der Waals surface area contributed by atoms with Crippen molar-refractivity contribution in [2.24, 2.45) is 0 Å². The molecule has 0 amide bonds. The third-order valence-corrected chi connectivity index (χ3v) is 5.51. The van der Waals surface area contributed by atoms with Gasteiger partial charge in [0, 0.05) is 37.1 Å². The van der Waals surface area contributed by atoms with E-state index in [-0.39, 0.29) is 0 Å². The highest BCUT2D eigenvalue weighted by Crippen LogP contribution is 2.26. The molecule has 1 aromatic carbocycles. The molecule has 2 saturated heterocycles. The minimum absolute atomic E-state index is 0.528. The Hall–Kier alpha value is -2.37. The van der Waals surface area contributed by atoms with Gasteiger partial charge in [0.05, 0.1) is 6.20 Å². The Labute approximate surface area is 155 Å². The van der Waals surface area contributed by atoms with Gasteiger partial charge in [-0.15, -0.1) is 5.10 Å². The molecular formula is C20H28N6. The van der Waals surface area contributed by atoms with Gasteiger partial charge in [0.2, 0.25) is 5.95 Å². The molecule has 2 aliphatic heterocycles. The Balaban J connectivity index is 1.46. The Morgan fingerprint density at radius 1 is 1.04 bits per heavy atom. The molecule has 4 rings (SSSR count). The van der Waals surface area contributed by atoms with Crippen LogP contribution in [0.15, 0.2) is 30.5 Å². The van der Waals surface area contributed by atoms with E-state index in [4.69, 9.17) is 4.98 Å². The molecule has 2 fully saturated rings. The van der Waals surface area contributed by atoms with E-state index in [1.165, 1.54) is 50.9 Å². The largest absolute Gasteiger partial charge is 0.372 e. The Bertz CT molecular complexity index is 710. The lowest BCUT2D eigenvalue weighted by molar-refractivity contribution is 0.442. The fourth-order valence-electron chi connectivity index (χ4n) is 4.04. The maximum atomic E-state index is 4.72. The van der Waals surface area contributed by atoms with Gasteiger partial charge in [-0.05, 0) is 62.8 Å². The molecule has 2 aromatic rings. The maximum absolute atomic E-state index is 4.72. The summed E-state index contributed by atoms with van der Waals surface area (Å²) in [5, 5.41) is 11.8. The highest BCUT2D eigenvalue weighted by molar-refractivity contribution is 5.61. The first-order chi connectivity index (χ1) is 12.8. The standard InChI is InChI=1S/C20H28N6/c1-2-17-7-3-4-14-26(17)20-23-19(15-21-24-20)22-16-8-10-18(11-9-16)25-12-5-6-13-25/h8-11,15,17H,2-7,12-14H2,1H3,(H,22,23,24). The van der Waals surface area contributed by atoms with Gasteiger partial charge >= 0.3 is 0 Å². The van der Waals surface area contributed by atoms with Crippen molar-refractivity contribution < 1.29 is 0 Å². The van der Waals surface area contributed by atoms with Crippen molar-refractivity contribution in [3.63, 3.8) is 0 Å². The number of hydrogen-bond acceptors (Lipinski definition) is 6. The second kappa shape index (κ2) is 7.89. The molecule has 26 heavy (non-hydrogen) atoms. The van der Waals surface area contributed by atoms with Crippen LogP contribution in [0, 0.1) is 0 Å². The molecule has 6 heteroatoms. The van der Waals surface area contributed by atoms with Crippen molar-refractivity contribution in [1.82, 2.24) is 15.2 Å². The summed E-state index contributed by atoms with van der Waals surface area (Å²) in [5.74, 6) is 1.50. The Morgan fingerprint density at radius 3 is 2.58 bits per heavy atom. The number of nitrogens with zero attached hydrogens (tertiary/aromatic N) is 5. The van der Waals surface area contributed by atoms with Crippen LogP contribution in [0.4, 0.5) is 23.1 Å². The van der Waals surface area contributed by atoms with E-state index in [1.54, 1.807) is 6.20 Å².